The number of nitrogens with zero attached hydrogens (tertiary/aromatic N) is 7. The summed E-state index contributed by atoms with van der Waals surface area (Å²) < 4.78 is 85.6. The molecular weight excluding hydrogens is 1140 g/mol. The van der Waals surface area contributed by atoms with Crippen molar-refractivity contribution in [2.24, 2.45) is 23.6 Å². The molecule has 0 saturated carbocycles. The van der Waals surface area contributed by atoms with Crippen molar-refractivity contribution in [3.8, 4) is 11.5 Å². The SMILES string of the molecule is C.CCC1=[N+](C)c2ncc(Cl)cc2C1C(=O)O.CCc1c(C(=O)NCc2ccc(N3CC4(C3)CN(c3ccc(OC(F)(F)F)cc3)C4)cc2)c2cc(Cl)ccc2n1C.NCc1ccc(N2CC3(C2)CN(c2ccc(OC(F)(F)F)cc2)C3)cc1. The van der Waals surface area contributed by atoms with Crippen LogP contribution in [0.15, 0.2) is 128 Å². The molecule has 14 nitrogen and oxygen atoms in total. The fraction of sp³-hybridized carbons (Fsp3) is 0.355. The first kappa shape index (κ1) is 60.9. The zero-order valence-corrected chi connectivity index (χ0v) is 47.5. The lowest BCUT2D eigenvalue weighted by atomic mass is 9.72. The number of pyridine rings is 1. The molecule has 0 bridgehead atoms. The highest BCUT2D eigenvalue weighted by Crippen LogP contribution is 2.46. The van der Waals surface area contributed by atoms with Gasteiger partial charge in [0.05, 0.1) is 28.9 Å². The number of nitrogens with two attached hydrogens (primary N) is 1. The zero-order chi connectivity index (χ0) is 59.2. The summed E-state index contributed by atoms with van der Waals surface area (Å²) in [5.41, 5.74) is 16.6. The van der Waals surface area contributed by atoms with E-state index in [0.29, 0.717) is 46.5 Å². The number of amides is 1. The molecule has 1 amide bonds. The van der Waals surface area contributed by atoms with Crippen molar-refractivity contribution in [1.82, 2.24) is 14.9 Å². The molecule has 12 rings (SSSR count). The van der Waals surface area contributed by atoms with Crippen LogP contribution in [0, 0.1) is 10.8 Å². The average molecular weight is 1200 g/mol. The molecule has 2 spiro atoms. The fourth-order valence-corrected chi connectivity index (χ4v) is 12.5. The maximum atomic E-state index is 13.2. The van der Waals surface area contributed by atoms with Gasteiger partial charge in [0.2, 0.25) is 0 Å². The molecule has 2 aromatic heterocycles. The number of hydrogen-bond donors (Lipinski definition) is 3. The summed E-state index contributed by atoms with van der Waals surface area (Å²) in [5.74, 6) is -1.29. The number of benzene rings is 5. The molecule has 7 heterocycles. The lowest BCUT2D eigenvalue weighted by molar-refractivity contribution is -0.407. The van der Waals surface area contributed by atoms with E-state index in [-0.39, 0.29) is 35.7 Å². The second kappa shape index (κ2) is 24.1. The van der Waals surface area contributed by atoms with Gasteiger partial charge in [-0.15, -0.1) is 26.3 Å². The largest absolute Gasteiger partial charge is 0.573 e. The number of nitrogens with one attached hydrogen (secondary N) is 1. The Hall–Kier alpha value is -7.68. The summed E-state index contributed by atoms with van der Waals surface area (Å²) in [6.07, 6.45) is -6.39. The van der Waals surface area contributed by atoms with Gasteiger partial charge in [-0.3, -0.25) is 9.59 Å². The molecule has 7 aromatic rings. The zero-order valence-electron chi connectivity index (χ0n) is 46.0. The summed E-state index contributed by atoms with van der Waals surface area (Å²) in [4.78, 5) is 37.7. The number of ether oxygens (including phenoxy) is 2. The van der Waals surface area contributed by atoms with Gasteiger partial charge in [0, 0.05) is 134 Å². The quantitative estimate of drug-likeness (QED) is 0.0749. The molecule has 444 valence electrons. The van der Waals surface area contributed by atoms with E-state index in [1.54, 1.807) is 30.3 Å². The smallest absolute Gasteiger partial charge is 0.480 e. The third kappa shape index (κ3) is 13.0. The van der Waals surface area contributed by atoms with Crippen LogP contribution in [0.3, 0.4) is 0 Å². The van der Waals surface area contributed by atoms with E-state index in [0.717, 1.165) is 109 Å². The number of carboxylic acids is 1. The Balaban J connectivity index is 0.000000167. The normalized spacial score (nSPS) is 17.1. The number of alkyl halides is 6. The molecule has 1 atom stereocenters. The summed E-state index contributed by atoms with van der Waals surface area (Å²) >= 11 is 12.1. The van der Waals surface area contributed by atoms with Gasteiger partial charge in [0.1, 0.15) is 17.4 Å². The highest BCUT2D eigenvalue weighted by Gasteiger charge is 2.53. The Bertz CT molecular complexity index is 3530. The number of halogens is 8. The molecule has 4 N–H and O–H groups in total. The number of fused-ring (bicyclic) bond motifs is 2. The molecule has 4 fully saturated rings. The van der Waals surface area contributed by atoms with E-state index in [1.807, 2.05) is 62.9 Å². The van der Waals surface area contributed by atoms with Crippen LogP contribution in [-0.2, 0) is 31.4 Å². The maximum absolute atomic E-state index is 13.2. The fourth-order valence-electron chi connectivity index (χ4n) is 12.1. The summed E-state index contributed by atoms with van der Waals surface area (Å²) in [7, 11) is 3.81. The highest BCUT2D eigenvalue weighted by molar-refractivity contribution is 6.31. The van der Waals surface area contributed by atoms with Crippen LogP contribution >= 0.6 is 23.2 Å². The summed E-state index contributed by atoms with van der Waals surface area (Å²) in [5, 5.41) is 14.3. The minimum atomic E-state index is -4.69. The standard InChI is InChI=1S/C31H30ClF3N4O2.C19H20F3N3O.C11H11ClN2O2.CH4/c1-3-26-28(25-14-21(32)6-13-27(25)37(26)2)29(40)36-15-20-4-7-22(8-5-20)38-16-30(17-38)18-39(19-30)23-9-11-24(12-10-23)41-31(33,34)35;20-19(21,22)26-17-7-5-16(6-8-17)25-12-18(13-25)10-24(11-18)15-3-1-14(9-23)2-4-15;1-3-8-9(11(15)16)7-4-6(12)5-13-10(7)14(8)2;/h4-14H,3,15-19H2,1-2H3,(H,36,40);1-8H,9-13,23H2;4-5,9H,3H2,1-2H3;1H4/p+1. The molecule has 5 aromatic carbocycles. The Kier molecular flexibility index (Phi) is 17.5. The Morgan fingerprint density at radius 3 is 1.52 bits per heavy atom. The molecule has 0 radical (unpaired) electrons. The van der Waals surface area contributed by atoms with E-state index in [1.165, 1.54) is 36.1 Å². The molecule has 1 unspecified atom stereocenters. The van der Waals surface area contributed by atoms with Gasteiger partial charge in [-0.2, -0.15) is 0 Å². The van der Waals surface area contributed by atoms with Gasteiger partial charge in [0.15, 0.2) is 6.20 Å². The van der Waals surface area contributed by atoms with Crippen molar-refractivity contribution in [2.45, 2.75) is 65.8 Å². The third-order valence-electron chi connectivity index (χ3n) is 16.1. The molecule has 5 aliphatic heterocycles. The van der Waals surface area contributed by atoms with Crippen LogP contribution in [0.2, 0.25) is 10.0 Å². The van der Waals surface area contributed by atoms with Crippen LogP contribution in [0.1, 0.15) is 66.4 Å². The number of carbonyl (C=O) groups excluding carboxylic acids is 1. The van der Waals surface area contributed by atoms with E-state index < -0.39 is 24.6 Å². The second-order valence-corrected chi connectivity index (χ2v) is 22.7. The highest BCUT2D eigenvalue weighted by atomic mass is 35.5. The number of aryl methyl sites for hydroxylation is 1. The molecule has 0 aliphatic carbocycles. The van der Waals surface area contributed by atoms with E-state index >= 15 is 0 Å². The number of carbonyl (C=O) groups is 2. The molecule has 22 heteroatoms. The lowest BCUT2D eigenvalue weighted by Crippen LogP contribution is -2.72. The Morgan fingerprint density at radius 2 is 1.12 bits per heavy atom. The maximum Gasteiger partial charge on any atom is 0.573 e. The van der Waals surface area contributed by atoms with Gasteiger partial charge in [-0.1, -0.05) is 68.7 Å². The van der Waals surface area contributed by atoms with Crippen LogP contribution in [0.5, 0.6) is 11.5 Å². The molecular formula is C62H66Cl2F6N9O5+. The summed E-state index contributed by atoms with van der Waals surface area (Å²) in [6.45, 7) is 12.4. The molecule has 5 aliphatic rings. The number of carboxylic acid groups (broad SMARTS) is 1. The average Bonchev–Trinajstić information content (AvgIpc) is 1.19. The van der Waals surface area contributed by atoms with Crippen LogP contribution in [0.25, 0.3) is 10.9 Å². The summed E-state index contributed by atoms with van der Waals surface area (Å²) in [6, 6.07) is 36.0. The molecule has 84 heavy (non-hydrogen) atoms. The Labute approximate surface area is 493 Å². The molecule has 4 saturated heterocycles. The predicted octanol–water partition coefficient (Wildman–Crippen LogP) is 12.6. The minimum Gasteiger partial charge on any atom is -0.480 e. The van der Waals surface area contributed by atoms with Crippen LogP contribution in [0.4, 0.5) is 54.9 Å². The van der Waals surface area contributed by atoms with Crippen molar-refractivity contribution < 1.29 is 55.1 Å². The first-order valence-corrected chi connectivity index (χ1v) is 27.8. The van der Waals surface area contributed by atoms with Gasteiger partial charge >= 0.3 is 24.5 Å². The third-order valence-corrected chi connectivity index (χ3v) is 16.5. The van der Waals surface area contributed by atoms with Crippen molar-refractivity contribution in [2.75, 3.05) is 79.0 Å². The van der Waals surface area contributed by atoms with E-state index in [4.69, 9.17) is 28.9 Å². The minimum absolute atomic E-state index is 0. The van der Waals surface area contributed by atoms with Crippen molar-refractivity contribution in [1.29, 1.82) is 0 Å². The van der Waals surface area contributed by atoms with Crippen LogP contribution in [-0.4, -0.2) is 109 Å². The van der Waals surface area contributed by atoms with E-state index in [9.17, 15) is 41.0 Å². The number of aromatic nitrogens is 2. The Morgan fingerprint density at radius 1 is 0.679 bits per heavy atom. The van der Waals surface area contributed by atoms with Gasteiger partial charge in [0.25, 0.3) is 5.91 Å². The second-order valence-electron chi connectivity index (χ2n) is 21.9. The number of aliphatic carboxylic acids is 1. The van der Waals surface area contributed by atoms with Gasteiger partial charge < -0.3 is 49.8 Å². The number of anilines is 4. The topological polar surface area (TPSA) is 145 Å². The van der Waals surface area contributed by atoms with E-state index in [2.05, 4.69) is 80.3 Å². The van der Waals surface area contributed by atoms with Gasteiger partial charge in [-0.05, 0) is 120 Å². The number of rotatable bonds is 13. The van der Waals surface area contributed by atoms with Crippen molar-refractivity contribution in [3.05, 3.63) is 166 Å². The monoisotopic (exact) mass is 1200 g/mol. The van der Waals surface area contributed by atoms with Crippen LogP contribution < -0.4 is 40.1 Å². The van der Waals surface area contributed by atoms with Crippen molar-refractivity contribution >= 4 is 80.3 Å². The van der Waals surface area contributed by atoms with Gasteiger partial charge in [-0.25, -0.2) is 4.58 Å². The lowest BCUT2D eigenvalue weighted by Gasteiger charge is -2.61. The number of hydrogen-bond acceptors (Lipinski definition) is 10. The van der Waals surface area contributed by atoms with Crippen molar-refractivity contribution in [3.63, 3.8) is 0 Å². The first-order chi connectivity index (χ1) is 39.5. The first-order valence-electron chi connectivity index (χ1n) is 27.1. The predicted molar refractivity (Wildman–Crippen MR) is 317 cm³/mol.